The van der Waals surface area contributed by atoms with Crippen LogP contribution in [0.5, 0.6) is 0 Å². The van der Waals surface area contributed by atoms with Gasteiger partial charge >= 0.3 is 11.9 Å². The van der Waals surface area contributed by atoms with E-state index in [0.717, 1.165) is 32.1 Å². The summed E-state index contributed by atoms with van der Waals surface area (Å²) in [7, 11) is 0. The Morgan fingerprint density at radius 3 is 2.32 bits per heavy atom. The number of rotatable bonds is 10. The fourth-order valence-electron chi connectivity index (χ4n) is 3.42. The standard InChI is InChI=1S/C18H32O4/c1-3-5-6-10-14(9-4-2)13-22-18(21)16-12-8-7-11-15(16)17(19)20/h14-16H,3-13H2,1-2H3,(H,19,20). The fourth-order valence-corrected chi connectivity index (χ4v) is 3.42. The Labute approximate surface area is 134 Å². The topological polar surface area (TPSA) is 63.6 Å². The first-order valence-electron chi connectivity index (χ1n) is 8.99. The second-order valence-electron chi connectivity index (χ2n) is 6.62. The molecule has 22 heavy (non-hydrogen) atoms. The summed E-state index contributed by atoms with van der Waals surface area (Å²) in [6.07, 6.45) is 9.95. The van der Waals surface area contributed by atoms with Crippen molar-refractivity contribution < 1.29 is 19.4 Å². The molecule has 0 aromatic carbocycles. The lowest BCUT2D eigenvalue weighted by atomic mass is 9.79. The minimum atomic E-state index is -0.852. The Hall–Kier alpha value is -1.06. The van der Waals surface area contributed by atoms with E-state index in [0.29, 0.717) is 25.4 Å². The molecule has 1 saturated carbocycles. The Balaban J connectivity index is 2.45. The molecule has 3 atom stereocenters. The molecule has 4 nitrogen and oxygen atoms in total. The molecule has 0 heterocycles. The van der Waals surface area contributed by atoms with Crippen LogP contribution < -0.4 is 0 Å². The van der Waals surface area contributed by atoms with E-state index in [9.17, 15) is 14.7 Å². The van der Waals surface area contributed by atoms with Crippen molar-refractivity contribution in [2.45, 2.75) is 78.1 Å². The molecule has 1 N–H and O–H groups in total. The summed E-state index contributed by atoms with van der Waals surface area (Å²) in [5.74, 6) is -1.71. The number of carbonyl (C=O) groups excluding carboxylic acids is 1. The van der Waals surface area contributed by atoms with Gasteiger partial charge in [0.25, 0.3) is 0 Å². The third-order valence-electron chi connectivity index (χ3n) is 4.76. The van der Waals surface area contributed by atoms with E-state index in [-0.39, 0.29) is 5.97 Å². The second-order valence-corrected chi connectivity index (χ2v) is 6.62. The largest absolute Gasteiger partial charge is 0.481 e. The minimum Gasteiger partial charge on any atom is -0.481 e. The zero-order chi connectivity index (χ0) is 16.4. The summed E-state index contributed by atoms with van der Waals surface area (Å²) >= 11 is 0. The van der Waals surface area contributed by atoms with Crippen molar-refractivity contribution in [3.05, 3.63) is 0 Å². The third kappa shape index (κ3) is 6.37. The number of carboxylic acid groups (broad SMARTS) is 1. The summed E-state index contributed by atoms with van der Waals surface area (Å²) in [5.41, 5.74) is 0. The van der Waals surface area contributed by atoms with Crippen molar-refractivity contribution in [1.29, 1.82) is 0 Å². The van der Waals surface area contributed by atoms with E-state index < -0.39 is 17.8 Å². The number of carboxylic acids is 1. The molecule has 0 aromatic heterocycles. The summed E-state index contributed by atoms with van der Waals surface area (Å²) in [6.45, 7) is 4.79. The van der Waals surface area contributed by atoms with Gasteiger partial charge in [0.2, 0.25) is 0 Å². The molecule has 4 heteroatoms. The van der Waals surface area contributed by atoms with Gasteiger partial charge in [-0.3, -0.25) is 9.59 Å². The lowest BCUT2D eigenvalue weighted by Crippen LogP contribution is -2.34. The first kappa shape index (κ1) is 19.0. The van der Waals surface area contributed by atoms with Crippen molar-refractivity contribution in [3.63, 3.8) is 0 Å². The number of carbonyl (C=O) groups is 2. The first-order valence-corrected chi connectivity index (χ1v) is 8.99. The van der Waals surface area contributed by atoms with Crippen LogP contribution in [0.3, 0.4) is 0 Å². The van der Waals surface area contributed by atoms with Crippen molar-refractivity contribution in [3.8, 4) is 0 Å². The first-order chi connectivity index (χ1) is 10.6. The van der Waals surface area contributed by atoms with Crippen LogP contribution in [0.1, 0.15) is 78.1 Å². The molecule has 0 aliphatic heterocycles. The summed E-state index contributed by atoms with van der Waals surface area (Å²) in [4.78, 5) is 23.5. The molecule has 3 unspecified atom stereocenters. The Bertz CT molecular complexity index is 340. The van der Waals surface area contributed by atoms with Crippen LogP contribution in [-0.4, -0.2) is 23.7 Å². The summed E-state index contributed by atoms with van der Waals surface area (Å²) < 4.78 is 5.51. The van der Waals surface area contributed by atoms with Gasteiger partial charge in [0.15, 0.2) is 0 Å². The van der Waals surface area contributed by atoms with Crippen LogP contribution in [0.15, 0.2) is 0 Å². The average Bonchev–Trinajstić information content (AvgIpc) is 2.52. The predicted octanol–water partition coefficient (Wildman–Crippen LogP) is 4.42. The van der Waals surface area contributed by atoms with Gasteiger partial charge in [-0.15, -0.1) is 0 Å². The fraction of sp³-hybridized carbons (Fsp3) is 0.889. The van der Waals surface area contributed by atoms with Gasteiger partial charge in [-0.25, -0.2) is 0 Å². The van der Waals surface area contributed by atoms with E-state index in [1.54, 1.807) is 0 Å². The molecule has 1 aliphatic carbocycles. The molecule has 1 fully saturated rings. The molecule has 0 saturated heterocycles. The zero-order valence-electron chi connectivity index (χ0n) is 14.2. The number of hydrogen-bond donors (Lipinski definition) is 1. The number of unbranched alkanes of at least 4 members (excludes halogenated alkanes) is 2. The van der Waals surface area contributed by atoms with E-state index in [2.05, 4.69) is 13.8 Å². The maximum Gasteiger partial charge on any atom is 0.309 e. The van der Waals surface area contributed by atoms with Gasteiger partial charge in [0.1, 0.15) is 0 Å². The lowest BCUT2D eigenvalue weighted by Gasteiger charge is -2.27. The third-order valence-corrected chi connectivity index (χ3v) is 4.76. The summed E-state index contributed by atoms with van der Waals surface area (Å²) in [6, 6.07) is 0. The molecular weight excluding hydrogens is 280 g/mol. The van der Waals surface area contributed by atoms with Gasteiger partial charge in [-0.1, -0.05) is 52.4 Å². The van der Waals surface area contributed by atoms with Gasteiger partial charge < -0.3 is 9.84 Å². The van der Waals surface area contributed by atoms with Crippen molar-refractivity contribution >= 4 is 11.9 Å². The number of esters is 1. The van der Waals surface area contributed by atoms with Crippen LogP contribution in [0.25, 0.3) is 0 Å². The molecule has 1 rings (SSSR count). The minimum absolute atomic E-state index is 0.288. The number of hydrogen-bond acceptors (Lipinski definition) is 3. The highest BCUT2D eigenvalue weighted by molar-refractivity contribution is 5.81. The maximum absolute atomic E-state index is 12.3. The molecule has 0 spiro atoms. The van der Waals surface area contributed by atoms with Gasteiger partial charge in [0, 0.05) is 0 Å². The quantitative estimate of drug-likeness (QED) is 0.479. The van der Waals surface area contributed by atoms with Crippen LogP contribution in [0.2, 0.25) is 0 Å². The second kappa shape index (κ2) is 10.6. The average molecular weight is 312 g/mol. The molecular formula is C18H32O4. The molecule has 0 aromatic rings. The highest BCUT2D eigenvalue weighted by Gasteiger charge is 2.36. The smallest absolute Gasteiger partial charge is 0.309 e. The molecule has 0 radical (unpaired) electrons. The maximum atomic E-state index is 12.3. The molecule has 128 valence electrons. The van der Waals surface area contributed by atoms with E-state index in [1.165, 1.54) is 19.3 Å². The SMILES string of the molecule is CCCCCC(CCC)COC(=O)C1CCCCC1C(=O)O. The highest BCUT2D eigenvalue weighted by atomic mass is 16.5. The Morgan fingerprint density at radius 1 is 1.05 bits per heavy atom. The molecule has 0 amide bonds. The number of aliphatic carboxylic acids is 1. The lowest BCUT2D eigenvalue weighted by molar-refractivity contribution is -0.160. The van der Waals surface area contributed by atoms with Crippen LogP contribution in [0.4, 0.5) is 0 Å². The van der Waals surface area contributed by atoms with E-state index in [1.807, 2.05) is 0 Å². The molecule has 0 bridgehead atoms. The Morgan fingerprint density at radius 2 is 1.73 bits per heavy atom. The summed E-state index contributed by atoms with van der Waals surface area (Å²) in [5, 5.41) is 9.25. The molecule has 1 aliphatic rings. The van der Waals surface area contributed by atoms with Crippen molar-refractivity contribution in [2.24, 2.45) is 17.8 Å². The highest BCUT2D eigenvalue weighted by Crippen LogP contribution is 2.31. The predicted molar refractivity (Wildman–Crippen MR) is 86.6 cm³/mol. The van der Waals surface area contributed by atoms with Crippen molar-refractivity contribution in [1.82, 2.24) is 0 Å². The van der Waals surface area contributed by atoms with Crippen LogP contribution in [0, 0.1) is 17.8 Å². The van der Waals surface area contributed by atoms with Gasteiger partial charge in [0.05, 0.1) is 18.4 Å². The number of ether oxygens (including phenoxy) is 1. The van der Waals surface area contributed by atoms with E-state index in [4.69, 9.17) is 4.74 Å². The van der Waals surface area contributed by atoms with Crippen LogP contribution in [-0.2, 0) is 14.3 Å². The van der Waals surface area contributed by atoms with Crippen LogP contribution >= 0.6 is 0 Å². The zero-order valence-corrected chi connectivity index (χ0v) is 14.2. The van der Waals surface area contributed by atoms with Gasteiger partial charge in [-0.2, -0.15) is 0 Å². The normalized spacial score (nSPS) is 23.0. The monoisotopic (exact) mass is 312 g/mol. The van der Waals surface area contributed by atoms with Gasteiger partial charge in [-0.05, 0) is 31.6 Å². The van der Waals surface area contributed by atoms with E-state index >= 15 is 0 Å². The van der Waals surface area contributed by atoms with Crippen molar-refractivity contribution in [2.75, 3.05) is 6.61 Å². The Kier molecular flexibility index (Phi) is 9.17.